The fourth-order valence-electron chi connectivity index (χ4n) is 1.47. The van der Waals surface area contributed by atoms with Crippen LogP contribution in [0, 0.1) is 13.8 Å². The van der Waals surface area contributed by atoms with Gasteiger partial charge in [-0.25, -0.2) is 0 Å². The lowest BCUT2D eigenvalue weighted by molar-refractivity contribution is 0.392. The van der Waals surface area contributed by atoms with Crippen molar-refractivity contribution in [3.05, 3.63) is 23.1 Å². The van der Waals surface area contributed by atoms with E-state index in [4.69, 9.17) is 4.52 Å². The SMILES string of the molecule is C/C=C(/c1c(C)noc1C)N(C)C. The molecule has 0 aromatic carbocycles. The second kappa shape index (κ2) is 3.64. The highest BCUT2D eigenvalue weighted by Crippen LogP contribution is 2.23. The summed E-state index contributed by atoms with van der Waals surface area (Å²) in [4.78, 5) is 2.06. The largest absolute Gasteiger partial charge is 0.377 e. The molecule has 1 heterocycles. The van der Waals surface area contributed by atoms with Crippen LogP contribution < -0.4 is 0 Å². The molecule has 0 saturated carbocycles. The van der Waals surface area contributed by atoms with E-state index >= 15 is 0 Å². The molecule has 1 rings (SSSR count). The Bertz CT molecular complexity index is 304. The van der Waals surface area contributed by atoms with Gasteiger partial charge >= 0.3 is 0 Å². The standard InChI is InChI=1S/C10H16N2O/c1-6-9(12(4)5)10-7(2)11-13-8(10)3/h6H,1-5H3/b9-6-. The van der Waals surface area contributed by atoms with E-state index in [0.29, 0.717) is 0 Å². The molecule has 0 atom stereocenters. The number of hydrogen-bond acceptors (Lipinski definition) is 3. The maximum absolute atomic E-state index is 5.11. The third kappa shape index (κ3) is 1.74. The van der Waals surface area contributed by atoms with E-state index in [-0.39, 0.29) is 0 Å². The van der Waals surface area contributed by atoms with Gasteiger partial charge in [-0.05, 0) is 20.8 Å². The Labute approximate surface area is 79.0 Å². The summed E-state index contributed by atoms with van der Waals surface area (Å²) in [7, 11) is 4.03. The molecule has 3 nitrogen and oxygen atoms in total. The molecule has 72 valence electrons. The van der Waals surface area contributed by atoms with Crippen LogP contribution >= 0.6 is 0 Å². The van der Waals surface area contributed by atoms with Crippen LogP contribution in [0.4, 0.5) is 0 Å². The van der Waals surface area contributed by atoms with Crippen LogP contribution in [0.25, 0.3) is 5.70 Å². The predicted molar refractivity (Wildman–Crippen MR) is 53.3 cm³/mol. The van der Waals surface area contributed by atoms with Gasteiger partial charge in [-0.15, -0.1) is 0 Å². The molecule has 0 bridgehead atoms. The minimum Gasteiger partial charge on any atom is -0.377 e. The first-order chi connectivity index (χ1) is 6.07. The Morgan fingerprint density at radius 1 is 1.38 bits per heavy atom. The molecule has 0 aliphatic carbocycles. The number of hydrogen-bond donors (Lipinski definition) is 0. The summed E-state index contributed by atoms with van der Waals surface area (Å²) in [6, 6.07) is 0. The third-order valence-electron chi connectivity index (χ3n) is 2.04. The van der Waals surface area contributed by atoms with E-state index in [1.807, 2.05) is 34.9 Å². The van der Waals surface area contributed by atoms with E-state index in [2.05, 4.69) is 16.1 Å². The van der Waals surface area contributed by atoms with Crippen LogP contribution in [0.15, 0.2) is 10.6 Å². The second-order valence-electron chi connectivity index (χ2n) is 3.27. The molecule has 0 unspecified atom stereocenters. The Morgan fingerprint density at radius 3 is 2.31 bits per heavy atom. The minimum absolute atomic E-state index is 0.874. The van der Waals surface area contributed by atoms with Crippen LogP contribution in [0.3, 0.4) is 0 Å². The van der Waals surface area contributed by atoms with Gasteiger partial charge in [0.1, 0.15) is 5.76 Å². The van der Waals surface area contributed by atoms with Gasteiger partial charge in [0.15, 0.2) is 0 Å². The van der Waals surface area contributed by atoms with Crippen molar-refractivity contribution in [1.82, 2.24) is 10.1 Å². The van der Waals surface area contributed by atoms with Gasteiger partial charge in [0.2, 0.25) is 0 Å². The molecular weight excluding hydrogens is 164 g/mol. The van der Waals surface area contributed by atoms with Gasteiger partial charge in [-0.3, -0.25) is 0 Å². The van der Waals surface area contributed by atoms with Gasteiger partial charge in [0.05, 0.1) is 11.3 Å². The lowest BCUT2D eigenvalue weighted by Gasteiger charge is -2.16. The molecule has 1 aromatic rings. The average Bonchev–Trinajstić information content (AvgIpc) is 2.36. The molecule has 0 saturated heterocycles. The van der Waals surface area contributed by atoms with Crippen molar-refractivity contribution in [2.24, 2.45) is 0 Å². The summed E-state index contributed by atoms with van der Waals surface area (Å²) in [6.07, 6.45) is 2.06. The quantitative estimate of drug-likeness (QED) is 0.698. The normalized spacial score (nSPS) is 11.9. The van der Waals surface area contributed by atoms with Crippen LogP contribution in [0.5, 0.6) is 0 Å². The van der Waals surface area contributed by atoms with Crippen molar-refractivity contribution in [2.75, 3.05) is 14.1 Å². The van der Waals surface area contributed by atoms with Crippen molar-refractivity contribution < 1.29 is 4.52 Å². The molecule has 0 fully saturated rings. The first-order valence-corrected chi connectivity index (χ1v) is 4.34. The molecule has 0 radical (unpaired) electrons. The maximum Gasteiger partial charge on any atom is 0.143 e. The van der Waals surface area contributed by atoms with Crippen molar-refractivity contribution >= 4 is 5.70 Å². The lowest BCUT2D eigenvalue weighted by Crippen LogP contribution is -2.10. The summed E-state index contributed by atoms with van der Waals surface area (Å²) in [6.45, 7) is 5.91. The van der Waals surface area contributed by atoms with Crippen molar-refractivity contribution in [1.29, 1.82) is 0 Å². The average molecular weight is 180 g/mol. The fourth-order valence-corrected chi connectivity index (χ4v) is 1.47. The van der Waals surface area contributed by atoms with Crippen LogP contribution in [-0.4, -0.2) is 24.2 Å². The predicted octanol–water partition coefficient (Wildman–Crippen LogP) is 2.21. The van der Waals surface area contributed by atoms with Gasteiger partial charge in [-0.1, -0.05) is 11.2 Å². The number of aromatic nitrogens is 1. The molecule has 0 N–H and O–H groups in total. The highest BCUT2D eigenvalue weighted by atomic mass is 16.5. The van der Waals surface area contributed by atoms with E-state index in [9.17, 15) is 0 Å². The molecule has 0 aliphatic heterocycles. The lowest BCUT2D eigenvalue weighted by atomic mass is 10.1. The maximum atomic E-state index is 5.11. The number of rotatable bonds is 2. The Morgan fingerprint density at radius 2 is 2.00 bits per heavy atom. The summed E-state index contributed by atoms with van der Waals surface area (Å²) < 4.78 is 5.11. The van der Waals surface area contributed by atoms with Crippen molar-refractivity contribution in [3.63, 3.8) is 0 Å². The zero-order valence-corrected chi connectivity index (χ0v) is 8.88. The highest BCUT2D eigenvalue weighted by Gasteiger charge is 2.14. The number of aryl methyl sites for hydroxylation is 2. The fraction of sp³-hybridized carbons (Fsp3) is 0.500. The zero-order chi connectivity index (χ0) is 10.0. The Kier molecular flexibility index (Phi) is 2.76. The van der Waals surface area contributed by atoms with Crippen molar-refractivity contribution in [2.45, 2.75) is 20.8 Å². The van der Waals surface area contributed by atoms with Gasteiger partial charge in [-0.2, -0.15) is 0 Å². The van der Waals surface area contributed by atoms with E-state index < -0.39 is 0 Å². The smallest absolute Gasteiger partial charge is 0.143 e. The molecule has 0 spiro atoms. The first-order valence-electron chi connectivity index (χ1n) is 4.34. The summed E-state index contributed by atoms with van der Waals surface area (Å²) in [5, 5.41) is 3.92. The molecule has 13 heavy (non-hydrogen) atoms. The molecule has 0 amide bonds. The van der Waals surface area contributed by atoms with Crippen LogP contribution in [-0.2, 0) is 0 Å². The summed E-state index contributed by atoms with van der Waals surface area (Å²) in [5.74, 6) is 0.874. The van der Waals surface area contributed by atoms with Crippen LogP contribution in [0.1, 0.15) is 23.9 Å². The summed E-state index contributed by atoms with van der Waals surface area (Å²) in [5.41, 5.74) is 3.20. The van der Waals surface area contributed by atoms with E-state index in [0.717, 1.165) is 22.7 Å². The monoisotopic (exact) mass is 180 g/mol. The van der Waals surface area contributed by atoms with E-state index in [1.165, 1.54) is 0 Å². The molecule has 3 heteroatoms. The molecule has 0 aliphatic rings. The first kappa shape index (κ1) is 9.84. The summed E-state index contributed by atoms with van der Waals surface area (Å²) >= 11 is 0. The van der Waals surface area contributed by atoms with Gasteiger partial charge < -0.3 is 9.42 Å². The van der Waals surface area contributed by atoms with Gasteiger partial charge in [0, 0.05) is 19.8 Å². The topological polar surface area (TPSA) is 29.3 Å². The Hall–Kier alpha value is -1.25. The van der Waals surface area contributed by atoms with Crippen molar-refractivity contribution in [3.8, 4) is 0 Å². The minimum atomic E-state index is 0.874. The van der Waals surface area contributed by atoms with Gasteiger partial charge in [0.25, 0.3) is 0 Å². The number of allylic oxidation sites excluding steroid dienone is 1. The third-order valence-corrected chi connectivity index (χ3v) is 2.04. The van der Waals surface area contributed by atoms with Crippen LogP contribution in [0.2, 0.25) is 0 Å². The molecular formula is C10H16N2O. The Balaban J connectivity index is 3.19. The molecule has 1 aromatic heterocycles. The zero-order valence-electron chi connectivity index (χ0n) is 8.88. The second-order valence-corrected chi connectivity index (χ2v) is 3.27. The van der Waals surface area contributed by atoms with E-state index in [1.54, 1.807) is 0 Å². The number of nitrogens with zero attached hydrogens (tertiary/aromatic N) is 2. The highest BCUT2D eigenvalue weighted by molar-refractivity contribution is 5.66.